The van der Waals surface area contributed by atoms with Gasteiger partial charge in [-0.3, -0.25) is 14.9 Å². The van der Waals surface area contributed by atoms with E-state index in [0.717, 1.165) is 11.3 Å². The standard InChI is InChI=1S/C26H23FN6O2/c1-15-6-7-20(21(27)9-15)17-10-18(23-13-24(35-33-23)22-5-3-4-8-28-22)12-19(11-17)26(34)31-16(2)25-29-14-30-32-25/h3-12,14,16,24H,13H2,1-2H3,(H,31,34)(H,29,30,32)/t16-,24+/m1/s1. The van der Waals surface area contributed by atoms with Crippen LogP contribution in [-0.2, 0) is 4.84 Å². The number of aromatic nitrogens is 4. The first kappa shape index (κ1) is 22.4. The van der Waals surface area contributed by atoms with Crippen molar-refractivity contribution in [2.24, 2.45) is 5.16 Å². The van der Waals surface area contributed by atoms with Crippen LogP contribution in [0.5, 0.6) is 0 Å². The fourth-order valence-corrected chi connectivity index (χ4v) is 3.98. The first-order valence-electron chi connectivity index (χ1n) is 11.2. The molecule has 0 fully saturated rings. The van der Waals surface area contributed by atoms with Crippen molar-refractivity contribution in [3.8, 4) is 11.1 Å². The number of aryl methyl sites for hydroxylation is 1. The number of carbonyl (C=O) groups excluding carboxylic acids is 1. The van der Waals surface area contributed by atoms with Gasteiger partial charge >= 0.3 is 0 Å². The first-order valence-corrected chi connectivity index (χ1v) is 11.2. The lowest BCUT2D eigenvalue weighted by Crippen LogP contribution is -2.27. The van der Waals surface area contributed by atoms with Crippen LogP contribution in [0.2, 0.25) is 0 Å². The second-order valence-electron chi connectivity index (χ2n) is 8.44. The van der Waals surface area contributed by atoms with Gasteiger partial charge in [-0.2, -0.15) is 5.10 Å². The Morgan fingerprint density at radius 2 is 2.00 bits per heavy atom. The van der Waals surface area contributed by atoms with E-state index in [1.807, 2.05) is 37.3 Å². The van der Waals surface area contributed by atoms with E-state index in [4.69, 9.17) is 4.84 Å². The molecule has 5 rings (SSSR count). The Bertz CT molecular complexity index is 1390. The summed E-state index contributed by atoms with van der Waals surface area (Å²) in [4.78, 5) is 27.3. The van der Waals surface area contributed by atoms with Crippen LogP contribution in [0.4, 0.5) is 4.39 Å². The number of oxime groups is 1. The predicted molar refractivity (Wildman–Crippen MR) is 128 cm³/mol. The zero-order chi connectivity index (χ0) is 24.4. The molecule has 0 unspecified atom stereocenters. The molecule has 0 radical (unpaired) electrons. The van der Waals surface area contributed by atoms with Gasteiger partial charge in [-0.1, -0.05) is 23.4 Å². The average molecular weight is 471 g/mol. The zero-order valence-corrected chi connectivity index (χ0v) is 19.2. The monoisotopic (exact) mass is 470 g/mol. The summed E-state index contributed by atoms with van der Waals surface area (Å²) in [5.41, 5.74) is 4.26. The molecule has 2 N–H and O–H groups in total. The van der Waals surface area contributed by atoms with Gasteiger partial charge in [0, 0.05) is 29.3 Å². The van der Waals surface area contributed by atoms with Gasteiger partial charge in [-0.05, 0) is 61.4 Å². The van der Waals surface area contributed by atoms with E-state index in [0.29, 0.717) is 40.2 Å². The predicted octanol–water partition coefficient (Wildman–Crippen LogP) is 4.67. The summed E-state index contributed by atoms with van der Waals surface area (Å²) in [6, 6.07) is 15.5. The molecule has 0 saturated heterocycles. The Labute approximate surface area is 201 Å². The third-order valence-electron chi connectivity index (χ3n) is 5.84. The second-order valence-corrected chi connectivity index (χ2v) is 8.44. The molecule has 1 aliphatic heterocycles. The minimum atomic E-state index is -0.395. The van der Waals surface area contributed by atoms with E-state index in [2.05, 4.69) is 30.6 Å². The van der Waals surface area contributed by atoms with Crippen molar-refractivity contribution in [1.82, 2.24) is 25.5 Å². The van der Waals surface area contributed by atoms with Crippen LogP contribution >= 0.6 is 0 Å². The van der Waals surface area contributed by atoms with Crippen molar-refractivity contribution in [2.45, 2.75) is 32.4 Å². The summed E-state index contributed by atoms with van der Waals surface area (Å²) in [6.45, 7) is 3.63. The zero-order valence-electron chi connectivity index (χ0n) is 19.2. The summed E-state index contributed by atoms with van der Waals surface area (Å²) in [6.07, 6.45) is 3.24. The second kappa shape index (κ2) is 9.46. The minimum absolute atomic E-state index is 0.324. The van der Waals surface area contributed by atoms with Gasteiger partial charge in [-0.15, -0.1) is 0 Å². The van der Waals surface area contributed by atoms with Gasteiger partial charge in [0.25, 0.3) is 5.91 Å². The van der Waals surface area contributed by atoms with Crippen LogP contribution in [0.1, 0.15) is 58.5 Å². The Hall–Kier alpha value is -4.40. The lowest BCUT2D eigenvalue weighted by molar-refractivity contribution is 0.0826. The molecular formula is C26H23FN6O2. The number of nitrogens with one attached hydrogen (secondary N) is 2. The maximum Gasteiger partial charge on any atom is 0.251 e. The van der Waals surface area contributed by atoms with Gasteiger partial charge in [0.1, 0.15) is 18.0 Å². The number of H-pyrrole nitrogens is 1. The van der Waals surface area contributed by atoms with Gasteiger partial charge in [0.2, 0.25) is 0 Å². The maximum absolute atomic E-state index is 14.9. The molecule has 0 spiro atoms. The number of nitrogens with zero attached hydrogens (tertiary/aromatic N) is 4. The topological polar surface area (TPSA) is 105 Å². The molecular weight excluding hydrogens is 447 g/mol. The van der Waals surface area contributed by atoms with Gasteiger partial charge in [-0.25, -0.2) is 9.37 Å². The molecule has 2 aromatic carbocycles. The highest BCUT2D eigenvalue weighted by atomic mass is 19.1. The first-order chi connectivity index (χ1) is 17.0. The largest absolute Gasteiger partial charge is 0.385 e. The van der Waals surface area contributed by atoms with E-state index < -0.39 is 6.04 Å². The molecule has 0 aliphatic carbocycles. The Morgan fingerprint density at radius 1 is 1.14 bits per heavy atom. The third kappa shape index (κ3) is 4.79. The third-order valence-corrected chi connectivity index (χ3v) is 5.84. The Morgan fingerprint density at radius 3 is 2.74 bits per heavy atom. The Kier molecular flexibility index (Phi) is 6.05. The van der Waals surface area contributed by atoms with Gasteiger partial charge in [0.05, 0.1) is 17.4 Å². The van der Waals surface area contributed by atoms with Crippen molar-refractivity contribution in [1.29, 1.82) is 0 Å². The summed E-state index contributed by atoms with van der Waals surface area (Å²) in [5.74, 6) is -0.157. The highest BCUT2D eigenvalue weighted by molar-refractivity contribution is 6.05. The summed E-state index contributed by atoms with van der Waals surface area (Å²) >= 11 is 0. The molecule has 1 aliphatic rings. The number of rotatable bonds is 6. The molecule has 8 nitrogen and oxygen atoms in total. The highest BCUT2D eigenvalue weighted by Gasteiger charge is 2.26. The van der Waals surface area contributed by atoms with E-state index in [1.165, 1.54) is 12.4 Å². The molecule has 0 bridgehead atoms. The lowest BCUT2D eigenvalue weighted by atomic mass is 9.94. The number of hydrogen-bond acceptors (Lipinski definition) is 6. The molecule has 1 amide bonds. The van der Waals surface area contributed by atoms with Gasteiger partial charge < -0.3 is 10.2 Å². The van der Waals surface area contributed by atoms with Crippen molar-refractivity contribution < 1.29 is 14.0 Å². The molecule has 3 heterocycles. The van der Waals surface area contributed by atoms with Crippen LogP contribution in [0.3, 0.4) is 0 Å². The van der Waals surface area contributed by atoms with E-state index in [1.54, 1.807) is 31.3 Å². The number of halogens is 1. The van der Waals surface area contributed by atoms with E-state index in [-0.39, 0.29) is 17.8 Å². The number of aromatic amines is 1. The molecule has 9 heteroatoms. The van der Waals surface area contributed by atoms with Gasteiger partial charge in [0.15, 0.2) is 6.10 Å². The highest BCUT2D eigenvalue weighted by Crippen LogP contribution is 2.32. The maximum atomic E-state index is 14.9. The van der Waals surface area contributed by atoms with Crippen molar-refractivity contribution in [2.75, 3.05) is 0 Å². The molecule has 176 valence electrons. The van der Waals surface area contributed by atoms with E-state index >= 15 is 0 Å². The van der Waals surface area contributed by atoms with Crippen LogP contribution in [0.15, 0.2) is 72.3 Å². The summed E-state index contributed by atoms with van der Waals surface area (Å²) < 4.78 is 14.9. The van der Waals surface area contributed by atoms with Crippen LogP contribution in [0, 0.1) is 12.7 Å². The van der Waals surface area contributed by atoms with Crippen molar-refractivity contribution in [3.63, 3.8) is 0 Å². The molecule has 0 saturated carbocycles. The molecule has 4 aromatic rings. The van der Waals surface area contributed by atoms with E-state index in [9.17, 15) is 9.18 Å². The Balaban J connectivity index is 1.49. The van der Waals surface area contributed by atoms with Crippen LogP contribution in [-0.4, -0.2) is 31.8 Å². The fourth-order valence-electron chi connectivity index (χ4n) is 3.98. The minimum Gasteiger partial charge on any atom is -0.385 e. The smallest absolute Gasteiger partial charge is 0.251 e. The lowest BCUT2D eigenvalue weighted by Gasteiger charge is -2.14. The van der Waals surface area contributed by atoms with Crippen molar-refractivity contribution in [3.05, 3.63) is 101 Å². The fraction of sp³-hybridized carbons (Fsp3) is 0.192. The van der Waals surface area contributed by atoms with Crippen molar-refractivity contribution >= 4 is 11.6 Å². The summed E-state index contributed by atoms with van der Waals surface area (Å²) in [7, 11) is 0. The SMILES string of the molecule is Cc1ccc(-c2cc(C(=O)N[C@H](C)c3ncn[nH]3)cc(C3=NO[C@H](c4ccccn4)C3)c2)c(F)c1. The van der Waals surface area contributed by atoms with Crippen LogP contribution in [0.25, 0.3) is 11.1 Å². The quantitative estimate of drug-likeness (QED) is 0.426. The molecule has 35 heavy (non-hydrogen) atoms. The number of hydrogen-bond donors (Lipinski definition) is 2. The number of pyridine rings is 1. The number of benzene rings is 2. The molecule has 2 atom stereocenters. The molecule has 2 aromatic heterocycles. The average Bonchev–Trinajstić information content (AvgIpc) is 3.57. The summed E-state index contributed by atoms with van der Waals surface area (Å²) in [5, 5.41) is 13.8. The van der Waals surface area contributed by atoms with Crippen LogP contribution < -0.4 is 5.32 Å². The number of amides is 1. The number of carbonyl (C=O) groups is 1. The normalized spacial score (nSPS) is 15.9.